The Bertz CT molecular complexity index is 535. The van der Waals surface area contributed by atoms with Gasteiger partial charge in [0.25, 0.3) is 0 Å². The van der Waals surface area contributed by atoms with Crippen molar-refractivity contribution < 1.29 is 22.0 Å². The minimum absolute atomic E-state index is 0.0662. The van der Waals surface area contributed by atoms with Gasteiger partial charge in [0.15, 0.2) is 0 Å². The van der Waals surface area contributed by atoms with Crippen molar-refractivity contribution >= 4 is 33.4 Å². The van der Waals surface area contributed by atoms with E-state index in [1.165, 1.54) is 12.1 Å². The molecule has 5 nitrogen and oxygen atoms in total. The quantitative estimate of drug-likeness (QED) is 0.543. The average molecular weight is 371 g/mol. The van der Waals surface area contributed by atoms with Crippen LogP contribution in [0.25, 0.3) is 0 Å². The van der Waals surface area contributed by atoms with Gasteiger partial charge in [-0.25, -0.2) is 8.42 Å². The molecule has 0 heterocycles. The zero-order chi connectivity index (χ0) is 14.5. The highest BCUT2D eigenvalue weighted by molar-refractivity contribution is 9.12. The molecule has 1 aromatic carbocycles. The second-order valence-corrected chi connectivity index (χ2v) is 10.2. The third kappa shape index (κ3) is 3.89. The van der Waals surface area contributed by atoms with E-state index >= 15 is 0 Å². The van der Waals surface area contributed by atoms with Gasteiger partial charge in [0.2, 0.25) is 13.7 Å². The third-order valence-electron chi connectivity index (χ3n) is 2.19. The van der Waals surface area contributed by atoms with E-state index in [0.29, 0.717) is 0 Å². The fraction of sp³-hybridized carbons (Fsp3) is 0.455. The van der Waals surface area contributed by atoms with Crippen molar-refractivity contribution in [3.63, 3.8) is 0 Å². The van der Waals surface area contributed by atoms with E-state index in [9.17, 15) is 13.0 Å². The van der Waals surface area contributed by atoms with Gasteiger partial charge in [0.1, 0.15) is 0 Å². The van der Waals surface area contributed by atoms with Crippen molar-refractivity contribution in [1.82, 2.24) is 0 Å². The fourth-order valence-corrected chi connectivity index (χ4v) is 6.64. The van der Waals surface area contributed by atoms with Crippen molar-refractivity contribution in [2.45, 2.75) is 22.6 Å². The van der Waals surface area contributed by atoms with Crippen LogP contribution in [0.15, 0.2) is 35.2 Å². The van der Waals surface area contributed by atoms with Gasteiger partial charge in [-0.05, 0) is 26.0 Å². The number of hydrogen-bond donors (Lipinski definition) is 0. The molecule has 1 atom stereocenters. The molecule has 1 rings (SSSR count). The van der Waals surface area contributed by atoms with E-state index in [0.717, 1.165) is 0 Å². The standard InChI is InChI=1S/C11H16BrO5PS/c1-3-16-18(13,17-4-2)11(12)19(14,15)10-8-6-5-7-9-10/h5-9,11H,3-4H2,1-2H3. The predicted octanol–water partition coefficient (Wildman–Crippen LogP) is 3.40. The van der Waals surface area contributed by atoms with Crippen LogP contribution in [0.2, 0.25) is 0 Å². The lowest BCUT2D eigenvalue weighted by atomic mass is 10.4. The number of alkyl halides is 1. The molecule has 0 spiro atoms. The molecule has 0 aliphatic carbocycles. The summed E-state index contributed by atoms with van der Waals surface area (Å²) in [7, 11) is -7.61. The molecular weight excluding hydrogens is 355 g/mol. The molecule has 0 bridgehead atoms. The molecule has 0 radical (unpaired) electrons. The Morgan fingerprint density at radius 1 is 1.16 bits per heavy atom. The topological polar surface area (TPSA) is 69.7 Å². The summed E-state index contributed by atoms with van der Waals surface area (Å²) in [6, 6.07) is 7.77. The average Bonchev–Trinajstić information content (AvgIpc) is 2.39. The van der Waals surface area contributed by atoms with E-state index in [1.807, 2.05) is 0 Å². The van der Waals surface area contributed by atoms with Crippen LogP contribution in [0.1, 0.15) is 13.8 Å². The van der Waals surface area contributed by atoms with E-state index in [2.05, 4.69) is 15.9 Å². The predicted molar refractivity (Wildman–Crippen MR) is 77.2 cm³/mol. The van der Waals surface area contributed by atoms with Crippen LogP contribution in [-0.4, -0.2) is 25.5 Å². The van der Waals surface area contributed by atoms with Crippen LogP contribution in [0, 0.1) is 0 Å². The van der Waals surface area contributed by atoms with Crippen LogP contribution in [0.3, 0.4) is 0 Å². The second kappa shape index (κ2) is 6.99. The first-order valence-corrected chi connectivity index (χ1v) is 9.77. The van der Waals surface area contributed by atoms with Crippen LogP contribution < -0.4 is 0 Å². The summed E-state index contributed by atoms with van der Waals surface area (Å²) in [6.07, 6.45) is 0. The lowest BCUT2D eigenvalue weighted by molar-refractivity contribution is 0.222. The summed E-state index contributed by atoms with van der Waals surface area (Å²) in [5, 5.41) is 0. The van der Waals surface area contributed by atoms with Crippen molar-refractivity contribution in [2.24, 2.45) is 0 Å². The minimum atomic E-state index is -3.84. The van der Waals surface area contributed by atoms with Gasteiger partial charge in [-0.2, -0.15) is 0 Å². The van der Waals surface area contributed by atoms with E-state index in [4.69, 9.17) is 9.05 Å². The molecule has 0 aromatic heterocycles. The van der Waals surface area contributed by atoms with Gasteiger partial charge in [-0.15, -0.1) is 0 Å². The molecule has 1 aromatic rings. The lowest BCUT2D eigenvalue weighted by Gasteiger charge is -2.22. The third-order valence-corrected chi connectivity index (χ3v) is 9.96. The van der Waals surface area contributed by atoms with Gasteiger partial charge < -0.3 is 9.05 Å². The van der Waals surface area contributed by atoms with Crippen LogP contribution in [-0.2, 0) is 23.4 Å². The van der Waals surface area contributed by atoms with Crippen molar-refractivity contribution in [3.8, 4) is 0 Å². The highest BCUT2D eigenvalue weighted by Gasteiger charge is 2.44. The Hall–Kier alpha value is -0.200. The number of hydrogen-bond acceptors (Lipinski definition) is 5. The van der Waals surface area contributed by atoms with Gasteiger partial charge >= 0.3 is 7.60 Å². The molecule has 0 aliphatic rings. The summed E-state index contributed by atoms with van der Waals surface area (Å²) in [6.45, 7) is 3.45. The Morgan fingerprint density at radius 3 is 2.05 bits per heavy atom. The summed E-state index contributed by atoms with van der Waals surface area (Å²) >= 11 is 2.96. The molecule has 0 amide bonds. The number of benzene rings is 1. The van der Waals surface area contributed by atoms with Crippen molar-refractivity contribution in [1.29, 1.82) is 0 Å². The highest BCUT2D eigenvalue weighted by atomic mass is 79.9. The van der Waals surface area contributed by atoms with Crippen LogP contribution in [0.5, 0.6) is 0 Å². The van der Waals surface area contributed by atoms with Gasteiger partial charge in [0, 0.05) is 0 Å². The number of rotatable bonds is 7. The van der Waals surface area contributed by atoms with Crippen molar-refractivity contribution in [3.05, 3.63) is 30.3 Å². The number of halogens is 1. The van der Waals surface area contributed by atoms with Gasteiger partial charge in [-0.1, -0.05) is 34.1 Å². The van der Waals surface area contributed by atoms with E-state index in [1.54, 1.807) is 32.0 Å². The zero-order valence-corrected chi connectivity index (χ0v) is 13.9. The molecule has 0 saturated carbocycles. The first-order valence-electron chi connectivity index (χ1n) is 5.70. The Balaban J connectivity index is 3.16. The maximum absolute atomic E-state index is 12.5. The largest absolute Gasteiger partial charge is 0.359 e. The molecule has 0 N–H and O–H groups in total. The number of sulfone groups is 1. The first-order chi connectivity index (χ1) is 8.88. The van der Waals surface area contributed by atoms with E-state index < -0.39 is 21.3 Å². The lowest BCUT2D eigenvalue weighted by Crippen LogP contribution is -2.18. The normalized spacial score (nSPS) is 14.3. The maximum Gasteiger partial charge on any atom is 0.359 e. The Kier molecular flexibility index (Phi) is 6.20. The molecule has 0 fully saturated rings. The fourth-order valence-electron chi connectivity index (χ4n) is 1.41. The Morgan fingerprint density at radius 2 is 1.63 bits per heavy atom. The highest BCUT2D eigenvalue weighted by Crippen LogP contribution is 2.58. The van der Waals surface area contributed by atoms with Crippen LogP contribution >= 0.6 is 23.5 Å². The molecule has 0 aliphatic heterocycles. The minimum Gasteiger partial charge on any atom is -0.307 e. The summed E-state index contributed by atoms with van der Waals surface area (Å²) in [4.78, 5) is 0.0662. The van der Waals surface area contributed by atoms with E-state index in [-0.39, 0.29) is 18.1 Å². The molecule has 1 unspecified atom stereocenters. The molecular formula is C11H16BrO5PS. The summed E-state index contributed by atoms with van der Waals surface area (Å²) in [5.41, 5.74) is 0. The Labute approximate surface area is 121 Å². The molecule has 0 saturated heterocycles. The monoisotopic (exact) mass is 370 g/mol. The summed E-state index contributed by atoms with van der Waals surface area (Å²) < 4.78 is 45.8. The molecule has 108 valence electrons. The molecule has 8 heteroatoms. The smallest absolute Gasteiger partial charge is 0.307 e. The van der Waals surface area contributed by atoms with Crippen molar-refractivity contribution in [2.75, 3.05) is 13.2 Å². The van der Waals surface area contributed by atoms with Gasteiger partial charge in [0.05, 0.1) is 18.1 Å². The van der Waals surface area contributed by atoms with Gasteiger partial charge in [-0.3, -0.25) is 4.57 Å². The summed E-state index contributed by atoms with van der Waals surface area (Å²) in [5.74, 6) is 0. The van der Waals surface area contributed by atoms with Crippen LogP contribution in [0.4, 0.5) is 0 Å². The maximum atomic E-state index is 12.5. The molecule has 19 heavy (non-hydrogen) atoms. The second-order valence-electron chi connectivity index (χ2n) is 3.53. The first kappa shape index (κ1) is 16.9. The SMILES string of the molecule is CCOP(=O)(OCC)C(Br)S(=O)(=O)c1ccccc1. The zero-order valence-electron chi connectivity index (χ0n) is 10.7.